The number of hydrogen-bond acceptors (Lipinski definition) is 4. The average Bonchev–Trinajstić information content (AvgIpc) is 2.46. The van der Waals surface area contributed by atoms with Crippen molar-refractivity contribution in [2.75, 3.05) is 0 Å². The van der Waals surface area contributed by atoms with E-state index in [2.05, 4.69) is 20.7 Å². The maximum Gasteiger partial charge on any atom is 0.241 e. The van der Waals surface area contributed by atoms with Crippen LogP contribution in [0.15, 0.2) is 62.8 Å². The van der Waals surface area contributed by atoms with Crippen molar-refractivity contribution >= 4 is 36.0 Å². The van der Waals surface area contributed by atoms with Gasteiger partial charge in [0.1, 0.15) is 0 Å². The molecule has 0 fully saturated rings. The topological polar surface area (TPSA) is 106 Å². The molecule has 0 aliphatic rings. The predicted octanol–water partition coefficient (Wildman–Crippen LogP) is 2.14. The van der Waals surface area contributed by atoms with E-state index in [1.54, 1.807) is 13.0 Å². The van der Waals surface area contributed by atoms with Gasteiger partial charge in [0.05, 0.1) is 9.79 Å². The van der Waals surface area contributed by atoms with Crippen molar-refractivity contribution in [1.82, 2.24) is 4.72 Å². The summed E-state index contributed by atoms with van der Waals surface area (Å²) in [5.74, 6) is 0. The van der Waals surface area contributed by atoms with Crippen LogP contribution in [-0.4, -0.2) is 16.8 Å². The molecule has 9 heteroatoms. The maximum atomic E-state index is 12.4. The van der Waals surface area contributed by atoms with Crippen LogP contribution >= 0.6 is 15.9 Å². The highest BCUT2D eigenvalue weighted by Gasteiger charge is 2.20. The Morgan fingerprint density at radius 1 is 0.957 bits per heavy atom. The summed E-state index contributed by atoms with van der Waals surface area (Å²) >= 11 is 3.38. The molecule has 23 heavy (non-hydrogen) atoms. The van der Waals surface area contributed by atoms with E-state index in [4.69, 9.17) is 5.14 Å². The summed E-state index contributed by atoms with van der Waals surface area (Å²) in [7, 11) is -7.65. The maximum absolute atomic E-state index is 12.4. The van der Waals surface area contributed by atoms with Gasteiger partial charge in [-0.2, -0.15) is 0 Å². The second-order valence-corrected chi connectivity index (χ2v) is 9.01. The van der Waals surface area contributed by atoms with E-state index in [-0.39, 0.29) is 9.79 Å². The molecule has 2 aromatic carbocycles. The van der Waals surface area contributed by atoms with Crippen molar-refractivity contribution in [2.24, 2.45) is 5.14 Å². The molecular formula is C14H15BrN2O4S2. The van der Waals surface area contributed by atoms with Gasteiger partial charge in [0, 0.05) is 10.5 Å². The summed E-state index contributed by atoms with van der Waals surface area (Å²) in [5.41, 5.74) is 0.789. The van der Waals surface area contributed by atoms with Gasteiger partial charge < -0.3 is 0 Å². The zero-order valence-corrected chi connectivity index (χ0v) is 15.3. The normalized spacial score (nSPS) is 13.7. The molecule has 0 saturated carbocycles. The summed E-state index contributed by atoms with van der Waals surface area (Å²) in [5, 5.41) is 4.99. The van der Waals surface area contributed by atoms with E-state index in [1.807, 2.05) is 18.2 Å². The lowest BCUT2D eigenvalue weighted by Crippen LogP contribution is -2.27. The Morgan fingerprint density at radius 3 is 2.00 bits per heavy atom. The molecule has 0 aliphatic heterocycles. The largest absolute Gasteiger partial charge is 0.241 e. The van der Waals surface area contributed by atoms with E-state index < -0.39 is 26.1 Å². The lowest BCUT2D eigenvalue weighted by molar-refractivity contribution is 0.566. The quantitative estimate of drug-likeness (QED) is 0.775. The minimum Gasteiger partial charge on any atom is -0.225 e. The van der Waals surface area contributed by atoms with Crippen LogP contribution in [0.25, 0.3) is 0 Å². The molecule has 1 atom stereocenters. The number of sulfonamides is 2. The van der Waals surface area contributed by atoms with Crippen LogP contribution in [0.3, 0.4) is 0 Å². The van der Waals surface area contributed by atoms with Crippen LogP contribution in [0.5, 0.6) is 0 Å². The van der Waals surface area contributed by atoms with Gasteiger partial charge in [-0.3, -0.25) is 0 Å². The number of halogens is 1. The molecule has 0 spiro atoms. The minimum absolute atomic E-state index is 0.0381. The third kappa shape index (κ3) is 4.39. The molecule has 2 aromatic rings. The highest BCUT2D eigenvalue weighted by molar-refractivity contribution is 9.10. The van der Waals surface area contributed by atoms with Gasteiger partial charge in [-0.05, 0) is 42.8 Å². The van der Waals surface area contributed by atoms with Gasteiger partial charge in [0.15, 0.2) is 0 Å². The van der Waals surface area contributed by atoms with Crippen LogP contribution in [-0.2, 0) is 20.0 Å². The summed E-state index contributed by atoms with van der Waals surface area (Å²) in [4.78, 5) is -0.181. The van der Waals surface area contributed by atoms with Gasteiger partial charge in [-0.1, -0.05) is 34.1 Å². The highest BCUT2D eigenvalue weighted by atomic mass is 79.9. The molecule has 124 valence electrons. The van der Waals surface area contributed by atoms with Crippen LogP contribution in [0.2, 0.25) is 0 Å². The molecule has 0 radical (unpaired) electrons. The van der Waals surface area contributed by atoms with Crippen molar-refractivity contribution in [3.05, 3.63) is 58.6 Å². The summed E-state index contributed by atoms with van der Waals surface area (Å²) < 4.78 is 50.5. The Bertz CT molecular complexity index is 910. The molecular weight excluding hydrogens is 404 g/mol. The molecule has 6 nitrogen and oxygen atoms in total. The molecule has 0 heterocycles. The van der Waals surface area contributed by atoms with Gasteiger partial charge in [-0.15, -0.1) is 0 Å². The first-order chi connectivity index (χ1) is 10.6. The average molecular weight is 419 g/mol. The first kappa shape index (κ1) is 18.1. The first-order valence-corrected chi connectivity index (χ1v) is 10.3. The number of nitrogens with two attached hydrogens (primary N) is 1. The van der Waals surface area contributed by atoms with E-state index in [1.165, 1.54) is 12.1 Å². The standard InChI is InChI=1S/C14H15BrN2O4S2/c1-10(13-4-2-3-5-14(13)15)17-23(20,21)12-8-6-11(7-9-12)22(16,18)19/h2-10,17H,1H3,(H2,16,18,19). The zero-order valence-electron chi connectivity index (χ0n) is 12.1. The van der Waals surface area contributed by atoms with Crippen LogP contribution in [0.1, 0.15) is 18.5 Å². The van der Waals surface area contributed by atoms with Crippen molar-refractivity contribution < 1.29 is 16.8 Å². The molecule has 3 N–H and O–H groups in total. The van der Waals surface area contributed by atoms with Crippen LogP contribution in [0, 0.1) is 0 Å². The Hall–Kier alpha value is -1.26. The fourth-order valence-electron chi connectivity index (χ4n) is 2.00. The van der Waals surface area contributed by atoms with Gasteiger partial charge in [-0.25, -0.2) is 26.7 Å². The molecule has 0 aromatic heterocycles. The monoisotopic (exact) mass is 418 g/mol. The van der Waals surface area contributed by atoms with Crippen LogP contribution in [0.4, 0.5) is 0 Å². The van der Waals surface area contributed by atoms with E-state index >= 15 is 0 Å². The van der Waals surface area contributed by atoms with Gasteiger partial charge in [0.25, 0.3) is 0 Å². The third-order valence-corrected chi connectivity index (χ3v) is 6.37. The van der Waals surface area contributed by atoms with Crippen LogP contribution < -0.4 is 9.86 Å². The number of rotatable bonds is 5. The Labute approximate surface area is 143 Å². The molecule has 2 rings (SSSR count). The Kier molecular flexibility index (Phi) is 5.27. The molecule has 0 saturated heterocycles. The number of hydrogen-bond donors (Lipinski definition) is 2. The van der Waals surface area contributed by atoms with E-state index in [0.29, 0.717) is 0 Å². The SMILES string of the molecule is CC(NS(=O)(=O)c1ccc(S(N)(=O)=O)cc1)c1ccccc1Br. The van der Waals surface area contributed by atoms with Crippen molar-refractivity contribution in [3.63, 3.8) is 0 Å². The highest BCUT2D eigenvalue weighted by Crippen LogP contribution is 2.24. The fourth-order valence-corrected chi connectivity index (χ4v) is 4.37. The van der Waals surface area contributed by atoms with E-state index in [0.717, 1.165) is 22.2 Å². The molecule has 1 unspecified atom stereocenters. The Balaban J connectivity index is 2.27. The number of primary sulfonamides is 1. The zero-order chi connectivity index (χ0) is 17.3. The number of nitrogens with one attached hydrogen (secondary N) is 1. The molecule has 0 bridgehead atoms. The van der Waals surface area contributed by atoms with Crippen molar-refractivity contribution in [2.45, 2.75) is 22.8 Å². The van der Waals surface area contributed by atoms with Gasteiger partial charge >= 0.3 is 0 Å². The summed E-state index contributed by atoms with van der Waals surface area (Å²) in [6, 6.07) is 11.5. The lowest BCUT2D eigenvalue weighted by Gasteiger charge is -2.16. The smallest absolute Gasteiger partial charge is 0.225 e. The summed E-state index contributed by atoms with van der Waals surface area (Å²) in [6.45, 7) is 1.72. The summed E-state index contributed by atoms with van der Waals surface area (Å²) in [6.07, 6.45) is 0. The predicted molar refractivity (Wildman–Crippen MR) is 90.7 cm³/mol. The van der Waals surface area contributed by atoms with Gasteiger partial charge in [0.2, 0.25) is 20.0 Å². The van der Waals surface area contributed by atoms with E-state index in [9.17, 15) is 16.8 Å². The third-order valence-electron chi connectivity index (χ3n) is 3.17. The van der Waals surface area contributed by atoms with Crippen molar-refractivity contribution in [3.8, 4) is 0 Å². The first-order valence-electron chi connectivity index (χ1n) is 6.51. The number of benzene rings is 2. The molecule has 0 aliphatic carbocycles. The lowest BCUT2D eigenvalue weighted by atomic mass is 10.1. The van der Waals surface area contributed by atoms with Crippen molar-refractivity contribution in [1.29, 1.82) is 0 Å². The fraction of sp³-hybridized carbons (Fsp3) is 0.143. The second kappa shape index (κ2) is 6.70. The molecule has 0 amide bonds. The Morgan fingerprint density at radius 2 is 1.48 bits per heavy atom. The minimum atomic E-state index is -3.86. The second-order valence-electron chi connectivity index (χ2n) is 4.88.